The lowest BCUT2D eigenvalue weighted by molar-refractivity contribution is -0.122. The number of anilines is 1. The van der Waals surface area contributed by atoms with E-state index >= 15 is 0 Å². The smallest absolute Gasteiger partial charge is 0.335 e. The minimum absolute atomic E-state index is 0.166. The Hall–Kier alpha value is -4.72. The fourth-order valence-corrected chi connectivity index (χ4v) is 4.87. The Balaban J connectivity index is 1.38. The molecule has 5 rings (SSSR count). The van der Waals surface area contributed by atoms with E-state index in [4.69, 9.17) is 4.74 Å². The molecule has 2 heterocycles. The zero-order valence-corrected chi connectivity index (χ0v) is 22.6. The number of ether oxygens (including phenoxy) is 1. The summed E-state index contributed by atoms with van der Waals surface area (Å²) in [4.78, 5) is 39.3. The van der Waals surface area contributed by atoms with Gasteiger partial charge in [0.05, 0.1) is 12.3 Å². The van der Waals surface area contributed by atoms with Gasteiger partial charge in [-0.3, -0.25) is 14.9 Å². The number of nitrogens with zero attached hydrogens (tertiary/aromatic N) is 2. The first-order valence-electron chi connectivity index (χ1n) is 13.2. The van der Waals surface area contributed by atoms with E-state index in [1.54, 1.807) is 0 Å². The van der Waals surface area contributed by atoms with E-state index < -0.39 is 23.7 Å². The van der Waals surface area contributed by atoms with E-state index in [2.05, 4.69) is 41.9 Å². The first-order valence-corrected chi connectivity index (χ1v) is 13.2. The predicted octanol–water partition coefficient (Wildman–Crippen LogP) is 6.35. The lowest BCUT2D eigenvalue weighted by Gasteiger charge is -2.26. The second-order valence-electron chi connectivity index (χ2n) is 10.1. The molecule has 1 aromatic heterocycles. The van der Waals surface area contributed by atoms with Crippen LogP contribution >= 0.6 is 0 Å². The number of para-hydroxylation sites is 1. The molecule has 4 aromatic rings. The summed E-state index contributed by atoms with van der Waals surface area (Å²) in [5.74, 6) is -0.797. The number of hydrogen-bond acceptors (Lipinski definition) is 4. The number of aromatic nitrogens is 1. The number of amides is 4. The molecule has 0 radical (unpaired) electrons. The highest BCUT2D eigenvalue weighted by molar-refractivity contribution is 6.39. The van der Waals surface area contributed by atoms with Gasteiger partial charge in [-0.15, -0.1) is 0 Å². The molecule has 3 aromatic carbocycles. The third-order valence-electron chi connectivity index (χ3n) is 6.90. The van der Waals surface area contributed by atoms with Crippen molar-refractivity contribution in [2.24, 2.45) is 0 Å². The maximum Gasteiger partial charge on any atom is 0.335 e. The molecule has 4 amide bonds. The van der Waals surface area contributed by atoms with Gasteiger partial charge in [0.2, 0.25) is 0 Å². The largest absolute Gasteiger partial charge is 0.493 e. The molecule has 1 fully saturated rings. The van der Waals surface area contributed by atoms with Crippen LogP contribution in [0.1, 0.15) is 42.9 Å². The number of benzene rings is 3. The van der Waals surface area contributed by atoms with Gasteiger partial charge in [0.1, 0.15) is 17.1 Å². The summed E-state index contributed by atoms with van der Waals surface area (Å²) in [5, 5.41) is 3.08. The molecule has 0 bridgehead atoms. The monoisotopic (exact) mass is 539 g/mol. The maximum atomic E-state index is 13.4. The molecular weight excluding hydrogens is 509 g/mol. The number of fused-ring (bicyclic) bond motifs is 1. The summed E-state index contributed by atoms with van der Waals surface area (Å²) in [6, 6.07) is 18.0. The number of urea groups is 1. The van der Waals surface area contributed by atoms with Gasteiger partial charge in [-0.2, -0.15) is 0 Å². The Kier molecular flexibility index (Phi) is 7.51. The van der Waals surface area contributed by atoms with Gasteiger partial charge in [-0.1, -0.05) is 44.2 Å². The van der Waals surface area contributed by atoms with Crippen LogP contribution in [0.3, 0.4) is 0 Å². The Morgan fingerprint density at radius 1 is 1.00 bits per heavy atom. The van der Waals surface area contributed by atoms with Crippen molar-refractivity contribution < 1.29 is 23.5 Å². The Morgan fingerprint density at radius 3 is 2.50 bits per heavy atom. The molecule has 0 atom stereocenters. The van der Waals surface area contributed by atoms with E-state index in [9.17, 15) is 18.8 Å². The van der Waals surface area contributed by atoms with Crippen LogP contribution in [0.15, 0.2) is 78.5 Å². The second-order valence-corrected chi connectivity index (χ2v) is 10.1. The third kappa shape index (κ3) is 5.38. The molecule has 40 heavy (non-hydrogen) atoms. The summed E-state index contributed by atoms with van der Waals surface area (Å²) < 4.78 is 21.6. The van der Waals surface area contributed by atoms with Crippen LogP contribution in [0, 0.1) is 12.7 Å². The van der Waals surface area contributed by atoms with Gasteiger partial charge < -0.3 is 9.30 Å². The Bertz CT molecular complexity index is 1640. The second kappa shape index (κ2) is 11.2. The van der Waals surface area contributed by atoms with Gasteiger partial charge in [0.25, 0.3) is 11.8 Å². The van der Waals surface area contributed by atoms with Crippen molar-refractivity contribution >= 4 is 40.5 Å². The molecule has 1 saturated heterocycles. The molecule has 0 saturated carbocycles. The van der Waals surface area contributed by atoms with E-state index in [1.165, 1.54) is 23.8 Å². The summed E-state index contributed by atoms with van der Waals surface area (Å²) in [6.45, 7) is 7.52. The van der Waals surface area contributed by atoms with Gasteiger partial charge in [-0.05, 0) is 72.9 Å². The van der Waals surface area contributed by atoms with Crippen molar-refractivity contribution in [2.75, 3.05) is 11.5 Å². The summed E-state index contributed by atoms with van der Waals surface area (Å²) >= 11 is 0. The lowest BCUT2D eigenvalue weighted by atomic mass is 10.0. The lowest BCUT2D eigenvalue weighted by Crippen LogP contribution is -2.54. The van der Waals surface area contributed by atoms with Crippen LogP contribution in [0.25, 0.3) is 17.0 Å². The minimum atomic E-state index is -0.879. The van der Waals surface area contributed by atoms with Crippen LogP contribution in [0.5, 0.6) is 5.75 Å². The standard InChI is InChI=1S/C32H30FN3O4/c1-20(2)25-14-9-21(3)17-29(25)40-16-6-15-35-19-22(26-7-4-5-8-28(26)35)18-27-30(37)34-32(39)36(31(27)38)24-12-10-23(33)11-13-24/h4-5,7-14,17-20H,6,15-16H2,1-3H3,(H,34,37,39). The maximum absolute atomic E-state index is 13.4. The number of rotatable bonds is 8. The first kappa shape index (κ1) is 26.9. The highest BCUT2D eigenvalue weighted by Crippen LogP contribution is 2.29. The van der Waals surface area contributed by atoms with Crippen molar-refractivity contribution in [3.8, 4) is 5.75 Å². The van der Waals surface area contributed by atoms with E-state index in [0.29, 0.717) is 24.6 Å². The summed E-state index contributed by atoms with van der Waals surface area (Å²) in [6.07, 6.45) is 4.13. The van der Waals surface area contributed by atoms with E-state index in [-0.39, 0.29) is 11.3 Å². The van der Waals surface area contributed by atoms with Crippen molar-refractivity contribution in [1.29, 1.82) is 0 Å². The minimum Gasteiger partial charge on any atom is -0.493 e. The van der Waals surface area contributed by atoms with Gasteiger partial charge in [-0.25, -0.2) is 14.1 Å². The molecular formula is C32H30FN3O4. The number of aryl methyl sites for hydroxylation is 2. The molecule has 0 unspecified atom stereocenters. The normalized spacial score (nSPS) is 14.9. The molecule has 1 aliphatic rings. The van der Waals surface area contributed by atoms with Crippen LogP contribution < -0.4 is 15.0 Å². The first-order chi connectivity index (χ1) is 19.2. The average molecular weight is 540 g/mol. The molecule has 0 spiro atoms. The van der Waals surface area contributed by atoms with Crippen molar-refractivity contribution in [1.82, 2.24) is 9.88 Å². The zero-order valence-electron chi connectivity index (χ0n) is 22.6. The fraction of sp³-hybridized carbons (Fsp3) is 0.219. The Morgan fingerprint density at radius 2 is 1.75 bits per heavy atom. The topological polar surface area (TPSA) is 80.6 Å². The molecule has 204 valence electrons. The molecule has 7 nitrogen and oxygen atoms in total. The molecule has 1 N–H and O–H groups in total. The van der Waals surface area contributed by atoms with Crippen LogP contribution in [-0.2, 0) is 16.1 Å². The van der Waals surface area contributed by atoms with Crippen LogP contribution in [0.2, 0.25) is 0 Å². The van der Waals surface area contributed by atoms with Crippen molar-refractivity contribution in [3.63, 3.8) is 0 Å². The highest BCUT2D eigenvalue weighted by Gasteiger charge is 2.37. The number of barbiturate groups is 1. The average Bonchev–Trinajstić information content (AvgIpc) is 3.27. The van der Waals surface area contributed by atoms with Gasteiger partial charge in [0.15, 0.2) is 0 Å². The SMILES string of the molecule is Cc1ccc(C(C)C)c(OCCCn2cc(C=C3C(=O)NC(=O)N(c4ccc(F)cc4)C3=O)c3ccccc32)c1. The fourth-order valence-electron chi connectivity index (χ4n) is 4.87. The molecule has 0 aliphatic carbocycles. The number of hydrogen-bond donors (Lipinski definition) is 1. The van der Waals surface area contributed by atoms with Gasteiger partial charge in [0, 0.05) is 29.2 Å². The summed E-state index contributed by atoms with van der Waals surface area (Å²) in [5.41, 5.74) is 3.92. The quantitative estimate of drug-likeness (QED) is 0.161. The third-order valence-corrected chi connectivity index (χ3v) is 6.90. The van der Waals surface area contributed by atoms with Crippen LogP contribution in [-0.4, -0.2) is 29.0 Å². The summed E-state index contributed by atoms with van der Waals surface area (Å²) in [7, 11) is 0. The zero-order chi connectivity index (χ0) is 28.4. The number of halogens is 1. The highest BCUT2D eigenvalue weighted by atomic mass is 19.1. The predicted molar refractivity (Wildman–Crippen MR) is 153 cm³/mol. The number of carbonyl (C=O) groups excluding carboxylic acids is 3. The number of nitrogens with one attached hydrogen (secondary N) is 1. The number of imide groups is 2. The van der Waals surface area contributed by atoms with E-state index in [0.717, 1.165) is 45.7 Å². The van der Waals surface area contributed by atoms with E-state index in [1.807, 2.05) is 37.4 Å². The van der Waals surface area contributed by atoms with Crippen LogP contribution in [0.4, 0.5) is 14.9 Å². The number of carbonyl (C=O) groups is 3. The molecule has 8 heteroatoms. The van der Waals surface area contributed by atoms with Crippen molar-refractivity contribution in [2.45, 2.75) is 39.7 Å². The Labute approximate surface area is 231 Å². The van der Waals surface area contributed by atoms with Crippen molar-refractivity contribution in [3.05, 3.63) is 101 Å². The molecule has 1 aliphatic heterocycles. The van der Waals surface area contributed by atoms with Gasteiger partial charge >= 0.3 is 6.03 Å².